The van der Waals surface area contributed by atoms with Crippen LogP contribution in [-0.4, -0.2) is 21.7 Å². The number of rotatable bonds is 5. The number of hydrogen-bond acceptors (Lipinski definition) is 6. The number of carbonyl (C=O) groups excluding carboxylic acids is 1. The standard InChI is InChI=1S/C22H24N4O2S/c1-22(2,3)28-21(27)25-14-16-8-10-17-18(12-16)29-20(26-17)7-5-4-6-15-9-11-19(23)24-13-15/h4-13H,14H2,1-3H3,(H2,23,24)(H,25,27)/b6-4+,7-5+. The van der Waals surface area contributed by atoms with Gasteiger partial charge in [-0.1, -0.05) is 24.3 Å². The second kappa shape index (κ2) is 8.87. The Kier molecular flexibility index (Phi) is 6.29. The fourth-order valence-corrected chi connectivity index (χ4v) is 3.42. The number of amides is 1. The zero-order valence-electron chi connectivity index (χ0n) is 16.7. The van der Waals surface area contributed by atoms with Crippen molar-refractivity contribution in [1.29, 1.82) is 0 Å². The van der Waals surface area contributed by atoms with Gasteiger partial charge in [0.05, 0.1) is 10.2 Å². The monoisotopic (exact) mass is 408 g/mol. The van der Waals surface area contributed by atoms with Crippen LogP contribution in [0.5, 0.6) is 0 Å². The summed E-state index contributed by atoms with van der Waals surface area (Å²) in [6.07, 6.45) is 9.11. The van der Waals surface area contributed by atoms with Gasteiger partial charge < -0.3 is 15.8 Å². The van der Waals surface area contributed by atoms with E-state index in [1.54, 1.807) is 23.6 Å². The molecule has 0 fully saturated rings. The second-order valence-electron chi connectivity index (χ2n) is 7.44. The zero-order valence-corrected chi connectivity index (χ0v) is 17.5. The van der Waals surface area contributed by atoms with Gasteiger partial charge in [-0.2, -0.15) is 0 Å². The molecule has 0 atom stereocenters. The number of nitrogens with zero attached hydrogens (tertiary/aromatic N) is 2. The lowest BCUT2D eigenvalue weighted by Crippen LogP contribution is -2.32. The van der Waals surface area contributed by atoms with E-state index in [0.717, 1.165) is 26.4 Å². The maximum absolute atomic E-state index is 11.8. The number of allylic oxidation sites excluding steroid dienone is 2. The molecule has 3 rings (SSSR count). The number of anilines is 1. The van der Waals surface area contributed by atoms with E-state index in [1.165, 1.54) is 0 Å². The summed E-state index contributed by atoms with van der Waals surface area (Å²) in [6, 6.07) is 9.65. The predicted molar refractivity (Wildman–Crippen MR) is 119 cm³/mol. The van der Waals surface area contributed by atoms with E-state index in [-0.39, 0.29) is 0 Å². The lowest BCUT2D eigenvalue weighted by Gasteiger charge is -2.19. The first-order valence-electron chi connectivity index (χ1n) is 9.21. The highest BCUT2D eigenvalue weighted by atomic mass is 32.1. The zero-order chi connectivity index (χ0) is 20.9. The summed E-state index contributed by atoms with van der Waals surface area (Å²) < 4.78 is 6.33. The van der Waals surface area contributed by atoms with E-state index in [9.17, 15) is 4.79 Å². The predicted octanol–water partition coefficient (Wildman–Crippen LogP) is 5.02. The highest BCUT2D eigenvalue weighted by molar-refractivity contribution is 7.19. The summed E-state index contributed by atoms with van der Waals surface area (Å²) in [5.74, 6) is 0.507. The minimum atomic E-state index is -0.508. The number of thiazole rings is 1. The van der Waals surface area contributed by atoms with Crippen molar-refractivity contribution < 1.29 is 9.53 Å². The topological polar surface area (TPSA) is 90.1 Å². The SMILES string of the molecule is CC(C)(C)OC(=O)NCc1ccc2nc(/C=C/C=C/c3ccc(N)nc3)sc2c1. The van der Waals surface area contributed by atoms with Gasteiger partial charge in [-0.25, -0.2) is 14.8 Å². The van der Waals surface area contributed by atoms with Crippen LogP contribution in [0.1, 0.15) is 36.9 Å². The van der Waals surface area contributed by atoms with Crippen molar-refractivity contribution in [3.63, 3.8) is 0 Å². The molecule has 0 radical (unpaired) electrons. The van der Waals surface area contributed by atoms with Crippen LogP contribution in [0.2, 0.25) is 0 Å². The Morgan fingerprint density at radius 2 is 2.00 bits per heavy atom. The molecule has 1 amide bonds. The fourth-order valence-electron chi connectivity index (χ4n) is 2.48. The minimum absolute atomic E-state index is 0.409. The molecule has 0 bridgehead atoms. The fraction of sp³-hybridized carbons (Fsp3) is 0.227. The Bertz CT molecular complexity index is 1050. The summed E-state index contributed by atoms with van der Waals surface area (Å²) >= 11 is 1.60. The van der Waals surface area contributed by atoms with Crippen LogP contribution < -0.4 is 11.1 Å². The molecule has 29 heavy (non-hydrogen) atoms. The molecule has 0 aliphatic carbocycles. The Morgan fingerprint density at radius 3 is 2.72 bits per heavy atom. The van der Waals surface area contributed by atoms with Crippen LogP contribution in [0.25, 0.3) is 22.4 Å². The molecule has 2 heterocycles. The van der Waals surface area contributed by atoms with E-state index in [1.807, 2.05) is 69.3 Å². The van der Waals surface area contributed by atoms with E-state index < -0.39 is 11.7 Å². The molecule has 6 nitrogen and oxygen atoms in total. The number of nitrogen functional groups attached to an aromatic ring is 1. The van der Waals surface area contributed by atoms with Crippen LogP contribution >= 0.6 is 11.3 Å². The van der Waals surface area contributed by atoms with Gasteiger partial charge in [0, 0.05) is 12.7 Å². The summed E-state index contributed by atoms with van der Waals surface area (Å²) in [4.78, 5) is 20.5. The van der Waals surface area contributed by atoms with E-state index >= 15 is 0 Å². The number of nitrogens with two attached hydrogens (primary N) is 1. The molecule has 3 N–H and O–H groups in total. The third-order valence-electron chi connectivity index (χ3n) is 3.75. The van der Waals surface area contributed by atoms with Crippen molar-refractivity contribution in [1.82, 2.24) is 15.3 Å². The van der Waals surface area contributed by atoms with Crippen molar-refractivity contribution in [3.05, 3.63) is 64.8 Å². The maximum atomic E-state index is 11.8. The van der Waals surface area contributed by atoms with Crippen molar-refractivity contribution in [2.75, 3.05) is 5.73 Å². The third kappa shape index (κ3) is 6.43. The van der Waals surface area contributed by atoms with Crippen LogP contribution in [0.4, 0.5) is 10.6 Å². The van der Waals surface area contributed by atoms with Crippen molar-refractivity contribution in [3.8, 4) is 0 Å². The lowest BCUT2D eigenvalue weighted by molar-refractivity contribution is 0.0523. The summed E-state index contributed by atoms with van der Waals surface area (Å²) in [7, 11) is 0. The van der Waals surface area contributed by atoms with Crippen molar-refractivity contribution >= 4 is 45.6 Å². The molecular weight excluding hydrogens is 384 g/mol. The highest BCUT2D eigenvalue weighted by Gasteiger charge is 2.15. The first-order chi connectivity index (χ1) is 13.8. The Hall–Kier alpha value is -3.19. The molecular formula is C22H24N4O2S. The second-order valence-corrected chi connectivity index (χ2v) is 8.51. The van der Waals surface area contributed by atoms with E-state index in [2.05, 4.69) is 15.3 Å². The van der Waals surface area contributed by atoms with Gasteiger partial charge in [-0.3, -0.25) is 0 Å². The van der Waals surface area contributed by atoms with Crippen molar-refractivity contribution in [2.24, 2.45) is 0 Å². The van der Waals surface area contributed by atoms with Gasteiger partial charge in [0.25, 0.3) is 0 Å². The molecule has 150 valence electrons. The van der Waals surface area contributed by atoms with Crippen LogP contribution in [-0.2, 0) is 11.3 Å². The molecule has 2 aromatic heterocycles. The van der Waals surface area contributed by atoms with Gasteiger partial charge in [-0.15, -0.1) is 11.3 Å². The molecule has 1 aromatic carbocycles. The number of pyridine rings is 1. The first-order valence-corrected chi connectivity index (χ1v) is 10.0. The van der Waals surface area contributed by atoms with Gasteiger partial charge >= 0.3 is 6.09 Å². The number of fused-ring (bicyclic) bond motifs is 1. The number of ether oxygens (including phenoxy) is 1. The Morgan fingerprint density at radius 1 is 1.21 bits per heavy atom. The van der Waals surface area contributed by atoms with Crippen LogP contribution in [0.15, 0.2) is 48.7 Å². The molecule has 0 aliphatic rings. The quantitative estimate of drug-likeness (QED) is 0.578. The minimum Gasteiger partial charge on any atom is -0.444 e. The average molecular weight is 409 g/mol. The number of hydrogen-bond donors (Lipinski definition) is 2. The maximum Gasteiger partial charge on any atom is 0.407 e. The third-order valence-corrected chi connectivity index (χ3v) is 4.74. The van der Waals surface area contributed by atoms with Crippen LogP contribution in [0.3, 0.4) is 0 Å². The van der Waals surface area contributed by atoms with Crippen molar-refractivity contribution in [2.45, 2.75) is 32.9 Å². The van der Waals surface area contributed by atoms with Crippen LogP contribution in [0, 0.1) is 0 Å². The van der Waals surface area contributed by atoms with Gasteiger partial charge in [-0.05, 0) is 62.2 Å². The molecule has 7 heteroatoms. The molecule has 0 spiro atoms. The largest absolute Gasteiger partial charge is 0.444 e. The average Bonchev–Trinajstić information content (AvgIpc) is 3.05. The number of carbonyl (C=O) groups is 1. The first kappa shape index (κ1) is 20.5. The molecule has 0 unspecified atom stereocenters. The summed E-state index contributed by atoms with van der Waals surface area (Å²) in [5, 5.41) is 3.69. The Balaban J connectivity index is 1.61. The summed E-state index contributed by atoms with van der Waals surface area (Å²) in [6.45, 7) is 5.93. The summed E-state index contributed by atoms with van der Waals surface area (Å²) in [5.41, 5.74) is 7.98. The van der Waals surface area contributed by atoms with Gasteiger partial charge in [0.2, 0.25) is 0 Å². The van der Waals surface area contributed by atoms with E-state index in [0.29, 0.717) is 12.4 Å². The number of benzene rings is 1. The molecule has 0 saturated carbocycles. The highest BCUT2D eigenvalue weighted by Crippen LogP contribution is 2.24. The number of nitrogens with one attached hydrogen (secondary N) is 1. The number of alkyl carbamates (subject to hydrolysis) is 1. The van der Waals surface area contributed by atoms with E-state index in [4.69, 9.17) is 10.5 Å². The molecule has 0 aliphatic heterocycles. The molecule has 3 aromatic rings. The Labute approximate surface area is 174 Å². The lowest BCUT2D eigenvalue weighted by atomic mass is 10.2. The smallest absolute Gasteiger partial charge is 0.407 e. The molecule has 0 saturated heterocycles. The number of aromatic nitrogens is 2. The van der Waals surface area contributed by atoms with Gasteiger partial charge in [0.1, 0.15) is 16.4 Å². The normalized spacial score (nSPS) is 12.1. The van der Waals surface area contributed by atoms with Gasteiger partial charge in [0.15, 0.2) is 0 Å².